The van der Waals surface area contributed by atoms with Gasteiger partial charge in [0.2, 0.25) is 0 Å². The Kier molecular flexibility index (Phi) is 4.20. The number of hydrogen-bond acceptors (Lipinski definition) is 3. The Hall–Kier alpha value is -0.770. The summed E-state index contributed by atoms with van der Waals surface area (Å²) in [5, 5.41) is 0. The fourth-order valence-electron chi connectivity index (χ4n) is 1.43. The first-order valence-corrected chi connectivity index (χ1v) is 5.03. The van der Waals surface area contributed by atoms with Crippen molar-refractivity contribution in [3.63, 3.8) is 0 Å². The van der Waals surface area contributed by atoms with Crippen LogP contribution in [0.5, 0.6) is 0 Å². The van der Waals surface area contributed by atoms with Gasteiger partial charge in [-0.25, -0.2) is 4.79 Å². The average Bonchev–Trinajstić information content (AvgIpc) is 2.20. The van der Waals surface area contributed by atoms with Crippen LogP contribution in [0.3, 0.4) is 0 Å². The summed E-state index contributed by atoms with van der Waals surface area (Å²) >= 11 is 0. The molecule has 1 aliphatic heterocycles. The van der Waals surface area contributed by atoms with E-state index in [4.69, 9.17) is 4.74 Å². The number of carbonyl (C=O) groups is 1. The molecule has 0 N–H and O–H groups in total. The minimum Gasteiger partial charge on any atom is -0.446 e. The van der Waals surface area contributed by atoms with Crippen molar-refractivity contribution in [2.45, 2.75) is 18.9 Å². The third-order valence-corrected chi connectivity index (χ3v) is 2.58. The highest BCUT2D eigenvalue weighted by Gasteiger charge is 2.21. The van der Waals surface area contributed by atoms with Gasteiger partial charge in [-0.2, -0.15) is 0 Å². The van der Waals surface area contributed by atoms with E-state index in [2.05, 4.69) is 18.9 Å². The van der Waals surface area contributed by atoms with Crippen LogP contribution >= 0.6 is 0 Å². The molecule has 4 heteroatoms. The Morgan fingerprint density at radius 2 is 2.14 bits per heavy atom. The Morgan fingerprint density at radius 1 is 1.57 bits per heavy atom. The van der Waals surface area contributed by atoms with Crippen molar-refractivity contribution in [1.29, 1.82) is 0 Å². The lowest BCUT2D eigenvalue weighted by Crippen LogP contribution is -2.38. The van der Waals surface area contributed by atoms with Gasteiger partial charge in [0.1, 0.15) is 6.10 Å². The van der Waals surface area contributed by atoms with Gasteiger partial charge >= 0.3 is 6.09 Å². The Morgan fingerprint density at radius 3 is 2.64 bits per heavy atom. The van der Waals surface area contributed by atoms with Crippen molar-refractivity contribution in [2.75, 3.05) is 33.7 Å². The molecule has 1 fully saturated rings. The van der Waals surface area contributed by atoms with E-state index in [1.807, 2.05) is 0 Å². The van der Waals surface area contributed by atoms with Crippen molar-refractivity contribution >= 4 is 6.09 Å². The number of amides is 1. The van der Waals surface area contributed by atoms with E-state index in [0.29, 0.717) is 6.54 Å². The topological polar surface area (TPSA) is 32.8 Å². The first kappa shape index (κ1) is 11.3. The van der Waals surface area contributed by atoms with Crippen LogP contribution in [0.4, 0.5) is 4.79 Å². The predicted octanol–water partition coefficient (Wildman–Crippen LogP) is 0.983. The fourth-order valence-corrected chi connectivity index (χ4v) is 1.43. The summed E-state index contributed by atoms with van der Waals surface area (Å²) in [7, 11) is 3.78. The molecule has 1 rings (SSSR count). The van der Waals surface area contributed by atoms with E-state index in [1.165, 1.54) is 4.90 Å². The van der Waals surface area contributed by atoms with Gasteiger partial charge in [0.05, 0.1) is 0 Å². The first-order valence-electron chi connectivity index (χ1n) is 5.03. The summed E-state index contributed by atoms with van der Waals surface area (Å²) in [5.41, 5.74) is 0. The number of nitrogens with zero attached hydrogens (tertiary/aromatic N) is 2. The minimum absolute atomic E-state index is 0.0905. The zero-order valence-electron chi connectivity index (χ0n) is 9.03. The molecular weight excluding hydrogens is 180 g/mol. The second-order valence-electron chi connectivity index (χ2n) is 3.81. The molecule has 0 spiro atoms. The monoisotopic (exact) mass is 199 g/mol. The van der Waals surface area contributed by atoms with Gasteiger partial charge in [0.25, 0.3) is 0 Å². The van der Waals surface area contributed by atoms with Gasteiger partial charge in [-0.05, 0) is 26.8 Å². The molecule has 0 bridgehead atoms. The summed E-state index contributed by atoms with van der Waals surface area (Å²) in [5.74, 6) is 0. The second-order valence-corrected chi connectivity index (χ2v) is 3.81. The highest BCUT2D eigenvalue weighted by atomic mass is 16.6. The number of likely N-dealkylation sites (tertiary alicyclic amines) is 1. The SMILES string of the molecule is [CH2]CN(C)C(=O)OC1CCN(C)CC1. The standard InChI is InChI=1S/C10H19N2O2/c1-4-12(3)10(13)14-9-5-7-11(2)8-6-9/h9H,1,4-8H2,2-3H3. The van der Waals surface area contributed by atoms with Crippen molar-refractivity contribution < 1.29 is 9.53 Å². The molecule has 0 aliphatic carbocycles. The molecular formula is C10H19N2O2. The van der Waals surface area contributed by atoms with Crippen LogP contribution in [0, 0.1) is 6.92 Å². The van der Waals surface area contributed by atoms with E-state index in [9.17, 15) is 4.79 Å². The summed E-state index contributed by atoms with van der Waals surface area (Å²) in [6.07, 6.45) is 1.71. The Bertz CT molecular complexity index is 189. The van der Waals surface area contributed by atoms with Gasteiger partial charge in [-0.1, -0.05) is 0 Å². The number of carbonyl (C=O) groups excluding carboxylic acids is 1. The maximum atomic E-state index is 11.4. The minimum atomic E-state index is -0.255. The van der Waals surface area contributed by atoms with Crippen LogP contribution in [0.2, 0.25) is 0 Å². The fraction of sp³-hybridized carbons (Fsp3) is 0.800. The smallest absolute Gasteiger partial charge is 0.409 e. The summed E-state index contributed by atoms with van der Waals surface area (Å²) in [4.78, 5) is 15.1. The van der Waals surface area contributed by atoms with Crippen LogP contribution in [0.25, 0.3) is 0 Å². The quantitative estimate of drug-likeness (QED) is 0.664. The van der Waals surface area contributed by atoms with Gasteiger partial charge in [0, 0.05) is 26.7 Å². The van der Waals surface area contributed by atoms with E-state index in [-0.39, 0.29) is 12.2 Å². The third kappa shape index (κ3) is 3.18. The van der Waals surface area contributed by atoms with Crippen molar-refractivity contribution in [1.82, 2.24) is 9.80 Å². The van der Waals surface area contributed by atoms with E-state index in [1.54, 1.807) is 7.05 Å². The molecule has 0 atom stereocenters. The molecule has 0 aromatic carbocycles. The molecule has 14 heavy (non-hydrogen) atoms. The predicted molar refractivity (Wildman–Crippen MR) is 55.0 cm³/mol. The third-order valence-electron chi connectivity index (χ3n) is 2.58. The molecule has 0 aromatic rings. The van der Waals surface area contributed by atoms with Crippen LogP contribution in [0.15, 0.2) is 0 Å². The van der Waals surface area contributed by atoms with Crippen molar-refractivity contribution in [3.05, 3.63) is 6.92 Å². The molecule has 1 saturated heterocycles. The zero-order chi connectivity index (χ0) is 10.6. The largest absolute Gasteiger partial charge is 0.446 e. The summed E-state index contributed by atoms with van der Waals surface area (Å²) < 4.78 is 5.31. The van der Waals surface area contributed by atoms with Crippen LogP contribution in [0.1, 0.15) is 12.8 Å². The number of ether oxygens (including phenoxy) is 1. The van der Waals surface area contributed by atoms with Crippen molar-refractivity contribution in [2.24, 2.45) is 0 Å². The van der Waals surface area contributed by atoms with Gasteiger partial charge in [0.15, 0.2) is 0 Å². The maximum Gasteiger partial charge on any atom is 0.409 e. The van der Waals surface area contributed by atoms with E-state index >= 15 is 0 Å². The molecule has 1 radical (unpaired) electrons. The second kappa shape index (κ2) is 5.20. The molecule has 4 nitrogen and oxygen atoms in total. The highest BCUT2D eigenvalue weighted by Crippen LogP contribution is 2.12. The lowest BCUT2D eigenvalue weighted by atomic mass is 10.1. The molecule has 1 aliphatic rings. The molecule has 0 saturated carbocycles. The van der Waals surface area contributed by atoms with Gasteiger partial charge < -0.3 is 14.5 Å². The molecule has 1 heterocycles. The molecule has 0 unspecified atom stereocenters. The highest BCUT2D eigenvalue weighted by molar-refractivity contribution is 5.67. The molecule has 1 amide bonds. The maximum absolute atomic E-state index is 11.4. The van der Waals surface area contributed by atoms with Crippen LogP contribution in [-0.2, 0) is 4.74 Å². The van der Waals surface area contributed by atoms with Gasteiger partial charge in [-0.15, -0.1) is 0 Å². The first-order chi connectivity index (χ1) is 6.63. The van der Waals surface area contributed by atoms with Gasteiger partial charge in [-0.3, -0.25) is 0 Å². The van der Waals surface area contributed by atoms with E-state index in [0.717, 1.165) is 25.9 Å². The zero-order valence-corrected chi connectivity index (χ0v) is 9.03. The van der Waals surface area contributed by atoms with Crippen LogP contribution < -0.4 is 0 Å². The summed E-state index contributed by atoms with van der Waals surface area (Å²) in [6.45, 7) is 6.09. The Labute approximate surface area is 85.8 Å². The number of piperidine rings is 1. The lowest BCUT2D eigenvalue weighted by Gasteiger charge is -2.29. The normalized spacial score (nSPS) is 19.4. The number of hydrogen-bond donors (Lipinski definition) is 0. The molecule has 0 aromatic heterocycles. The van der Waals surface area contributed by atoms with Crippen molar-refractivity contribution in [3.8, 4) is 0 Å². The Balaban J connectivity index is 2.27. The lowest BCUT2D eigenvalue weighted by molar-refractivity contribution is 0.0390. The summed E-state index contributed by atoms with van der Waals surface area (Å²) in [6, 6.07) is 0. The van der Waals surface area contributed by atoms with Crippen LogP contribution in [-0.4, -0.2) is 55.7 Å². The van der Waals surface area contributed by atoms with E-state index < -0.39 is 0 Å². The number of rotatable bonds is 2. The average molecular weight is 199 g/mol. The molecule has 81 valence electrons.